The number of nitrogens with one attached hydrogen (secondary N) is 1. The van der Waals surface area contributed by atoms with Crippen molar-refractivity contribution in [1.82, 2.24) is 9.62 Å². The van der Waals surface area contributed by atoms with Gasteiger partial charge in [0.25, 0.3) is 0 Å². The first-order valence-corrected chi connectivity index (χ1v) is 9.18. The van der Waals surface area contributed by atoms with Gasteiger partial charge in [-0.25, -0.2) is 8.42 Å². The minimum absolute atomic E-state index is 0.125. The van der Waals surface area contributed by atoms with Gasteiger partial charge in [-0.3, -0.25) is 0 Å². The van der Waals surface area contributed by atoms with Crippen LogP contribution in [0.15, 0.2) is 20.0 Å². The highest BCUT2D eigenvalue weighted by Crippen LogP contribution is 2.33. The first-order valence-electron chi connectivity index (χ1n) is 6.95. The molecule has 2 rings (SSSR count). The topological polar surface area (TPSA) is 62.6 Å². The SMILES string of the molecule is CCN(C1CCCC1)S(=O)(=O)c1cc(CNC)oc1Br. The van der Waals surface area contributed by atoms with E-state index in [0.29, 0.717) is 23.5 Å². The number of sulfonamides is 1. The fraction of sp³-hybridized carbons (Fsp3) is 0.692. The molecule has 0 amide bonds. The van der Waals surface area contributed by atoms with Gasteiger partial charge in [-0.2, -0.15) is 4.31 Å². The van der Waals surface area contributed by atoms with Crippen LogP contribution in [0.5, 0.6) is 0 Å². The molecule has 5 nitrogen and oxygen atoms in total. The molecule has 20 heavy (non-hydrogen) atoms. The lowest BCUT2D eigenvalue weighted by atomic mass is 10.2. The van der Waals surface area contributed by atoms with E-state index in [9.17, 15) is 8.42 Å². The first kappa shape index (κ1) is 16.0. The van der Waals surface area contributed by atoms with Gasteiger partial charge in [0.05, 0.1) is 6.54 Å². The molecule has 1 aromatic rings. The van der Waals surface area contributed by atoms with E-state index >= 15 is 0 Å². The van der Waals surface area contributed by atoms with Crippen LogP contribution in [0.1, 0.15) is 38.4 Å². The summed E-state index contributed by atoms with van der Waals surface area (Å²) in [7, 11) is -1.70. The molecule has 0 radical (unpaired) electrons. The molecule has 1 heterocycles. The summed E-state index contributed by atoms with van der Waals surface area (Å²) in [6.07, 6.45) is 4.11. The smallest absolute Gasteiger partial charge is 0.247 e. The summed E-state index contributed by atoms with van der Waals surface area (Å²) in [5, 5.41) is 2.95. The van der Waals surface area contributed by atoms with E-state index in [1.54, 1.807) is 17.4 Å². The fourth-order valence-corrected chi connectivity index (χ4v) is 5.43. The Morgan fingerprint density at radius 2 is 2.10 bits per heavy atom. The molecule has 114 valence electrons. The second-order valence-electron chi connectivity index (χ2n) is 5.03. The molecule has 0 spiro atoms. The summed E-state index contributed by atoms with van der Waals surface area (Å²) < 4.78 is 33.0. The van der Waals surface area contributed by atoms with Gasteiger partial charge >= 0.3 is 0 Å². The third-order valence-electron chi connectivity index (χ3n) is 3.69. The van der Waals surface area contributed by atoms with Gasteiger partial charge in [0.15, 0.2) is 4.67 Å². The van der Waals surface area contributed by atoms with Crippen molar-refractivity contribution in [1.29, 1.82) is 0 Å². The van der Waals surface area contributed by atoms with Crippen molar-refractivity contribution in [2.24, 2.45) is 0 Å². The van der Waals surface area contributed by atoms with Gasteiger partial charge in [0.1, 0.15) is 10.7 Å². The molecule has 0 aliphatic heterocycles. The summed E-state index contributed by atoms with van der Waals surface area (Å²) in [5.41, 5.74) is 0. The van der Waals surface area contributed by atoms with E-state index in [0.717, 1.165) is 25.7 Å². The largest absolute Gasteiger partial charge is 0.452 e. The zero-order chi connectivity index (χ0) is 14.8. The second-order valence-corrected chi connectivity index (χ2v) is 7.61. The molecule has 1 aliphatic carbocycles. The average Bonchev–Trinajstić information content (AvgIpc) is 3.00. The molecule has 1 N–H and O–H groups in total. The summed E-state index contributed by atoms with van der Waals surface area (Å²) >= 11 is 3.23. The van der Waals surface area contributed by atoms with Crippen LogP contribution in [0.2, 0.25) is 0 Å². The predicted octanol–water partition coefficient (Wildman–Crippen LogP) is 2.71. The van der Waals surface area contributed by atoms with Crippen LogP contribution in [0.25, 0.3) is 0 Å². The lowest BCUT2D eigenvalue weighted by molar-refractivity contribution is 0.334. The van der Waals surface area contributed by atoms with Crippen molar-refractivity contribution in [3.8, 4) is 0 Å². The van der Waals surface area contributed by atoms with Gasteiger partial charge in [0, 0.05) is 18.7 Å². The van der Waals surface area contributed by atoms with E-state index in [1.165, 1.54) is 0 Å². The predicted molar refractivity (Wildman–Crippen MR) is 81.0 cm³/mol. The highest BCUT2D eigenvalue weighted by atomic mass is 79.9. The molecule has 0 unspecified atom stereocenters. The standard InChI is InChI=1S/C13H21BrN2O3S/c1-3-16(10-6-4-5-7-10)20(17,18)12-8-11(9-15-2)19-13(12)14/h8,10,15H,3-7,9H2,1-2H3. The van der Waals surface area contributed by atoms with E-state index in [1.807, 2.05) is 6.92 Å². The molecule has 1 fully saturated rings. The number of nitrogens with zero attached hydrogens (tertiary/aromatic N) is 1. The van der Waals surface area contributed by atoms with Gasteiger partial charge in [0.2, 0.25) is 10.0 Å². The Bertz CT molecular complexity index is 550. The normalized spacial score (nSPS) is 17.2. The third-order valence-corrected chi connectivity index (χ3v) is 6.57. The molecule has 1 saturated carbocycles. The Morgan fingerprint density at radius 3 is 2.65 bits per heavy atom. The van der Waals surface area contributed by atoms with Crippen LogP contribution in [-0.2, 0) is 16.6 Å². The molecule has 0 atom stereocenters. The molecular weight excluding hydrogens is 344 g/mol. The average molecular weight is 365 g/mol. The molecule has 1 aromatic heterocycles. The summed E-state index contributed by atoms with van der Waals surface area (Å²) in [5.74, 6) is 0.612. The zero-order valence-corrected chi connectivity index (χ0v) is 14.3. The van der Waals surface area contributed by atoms with Crippen molar-refractivity contribution in [2.75, 3.05) is 13.6 Å². The Hall–Kier alpha value is -0.370. The molecular formula is C13H21BrN2O3S. The van der Waals surface area contributed by atoms with Crippen molar-refractivity contribution in [3.63, 3.8) is 0 Å². The minimum Gasteiger partial charge on any atom is -0.452 e. The van der Waals surface area contributed by atoms with Gasteiger partial charge < -0.3 is 9.73 Å². The van der Waals surface area contributed by atoms with Gasteiger partial charge in [-0.15, -0.1) is 0 Å². The summed E-state index contributed by atoms with van der Waals surface area (Å²) in [4.78, 5) is 0.233. The highest BCUT2D eigenvalue weighted by molar-refractivity contribution is 9.10. The van der Waals surface area contributed by atoms with Gasteiger partial charge in [-0.1, -0.05) is 19.8 Å². The number of furan rings is 1. The Kier molecular flexibility index (Phi) is 5.28. The van der Waals surface area contributed by atoms with Crippen LogP contribution in [0.4, 0.5) is 0 Å². The highest BCUT2D eigenvalue weighted by Gasteiger charge is 2.34. The second kappa shape index (κ2) is 6.60. The van der Waals surface area contributed by atoms with Crippen LogP contribution in [-0.4, -0.2) is 32.4 Å². The van der Waals surface area contributed by atoms with Crippen LogP contribution < -0.4 is 5.32 Å². The van der Waals surface area contributed by atoms with E-state index in [4.69, 9.17) is 4.42 Å². The third kappa shape index (κ3) is 3.10. The van der Waals surface area contributed by atoms with Crippen molar-refractivity contribution in [2.45, 2.75) is 50.1 Å². The maximum absolute atomic E-state index is 12.8. The molecule has 7 heteroatoms. The van der Waals surface area contributed by atoms with Crippen molar-refractivity contribution < 1.29 is 12.8 Å². The molecule has 1 aliphatic rings. The van der Waals surface area contributed by atoms with Crippen molar-refractivity contribution >= 4 is 26.0 Å². The number of hydrogen-bond donors (Lipinski definition) is 1. The maximum Gasteiger partial charge on any atom is 0.247 e. The quantitative estimate of drug-likeness (QED) is 0.842. The Labute approximate surface area is 128 Å². The van der Waals surface area contributed by atoms with Gasteiger partial charge in [-0.05, 0) is 35.8 Å². The zero-order valence-electron chi connectivity index (χ0n) is 11.9. The van der Waals surface area contributed by atoms with E-state index < -0.39 is 10.0 Å². The van der Waals surface area contributed by atoms with Crippen molar-refractivity contribution in [3.05, 3.63) is 16.5 Å². The molecule has 0 saturated heterocycles. The first-order chi connectivity index (χ1) is 9.50. The number of halogens is 1. The molecule has 0 bridgehead atoms. The van der Waals surface area contributed by atoms with Crippen LogP contribution in [0.3, 0.4) is 0 Å². The van der Waals surface area contributed by atoms with Crippen LogP contribution in [0, 0.1) is 0 Å². The lowest BCUT2D eigenvalue weighted by Gasteiger charge is -2.26. The Balaban J connectivity index is 2.32. The fourth-order valence-electron chi connectivity index (χ4n) is 2.78. The number of rotatable bonds is 6. The maximum atomic E-state index is 12.8. The van der Waals surface area contributed by atoms with E-state index in [-0.39, 0.29) is 10.9 Å². The van der Waals surface area contributed by atoms with Crippen LogP contribution >= 0.6 is 15.9 Å². The summed E-state index contributed by atoms with van der Waals surface area (Å²) in [6.45, 7) is 2.88. The lowest BCUT2D eigenvalue weighted by Crippen LogP contribution is -2.38. The monoisotopic (exact) mass is 364 g/mol. The minimum atomic E-state index is -3.50. The van der Waals surface area contributed by atoms with E-state index in [2.05, 4.69) is 21.2 Å². The summed E-state index contributed by atoms with van der Waals surface area (Å²) in [6, 6.07) is 1.73. The Morgan fingerprint density at radius 1 is 1.45 bits per heavy atom. The molecule has 0 aromatic carbocycles. The number of hydrogen-bond acceptors (Lipinski definition) is 4.